The topological polar surface area (TPSA) is 38.1 Å². The molecule has 0 radical (unpaired) electrons. The summed E-state index contributed by atoms with van der Waals surface area (Å²) < 4.78 is 4.88. The van der Waals surface area contributed by atoms with Gasteiger partial charge in [-0.15, -0.1) is 0 Å². The summed E-state index contributed by atoms with van der Waals surface area (Å²) in [5.74, 6) is 0.654. The normalized spacial score (nSPS) is 9.67. The third kappa shape index (κ3) is 1.45. The molecular formula is C9H8N2O. The maximum Gasteiger partial charge on any atom is 0.228 e. The molecule has 1 heterocycles. The van der Waals surface area contributed by atoms with Gasteiger partial charge in [-0.1, -0.05) is 23.4 Å². The molecular weight excluding hydrogens is 152 g/mol. The zero-order valence-corrected chi connectivity index (χ0v) is 6.40. The van der Waals surface area contributed by atoms with Crippen LogP contribution in [0.15, 0.2) is 47.1 Å². The molecule has 0 bridgehead atoms. The minimum atomic E-state index is 0.654. The second kappa shape index (κ2) is 3.09. The average molecular weight is 160 g/mol. The van der Waals surface area contributed by atoms with Crippen molar-refractivity contribution in [1.82, 2.24) is 5.16 Å². The van der Waals surface area contributed by atoms with Crippen LogP contribution in [0.25, 0.3) is 0 Å². The molecule has 0 unspecified atom stereocenters. The molecule has 1 N–H and O–H groups in total. The van der Waals surface area contributed by atoms with Crippen molar-refractivity contribution in [2.24, 2.45) is 0 Å². The molecule has 0 aliphatic rings. The SMILES string of the molecule is c1ccc(Nc2ccno2)cc1. The lowest BCUT2D eigenvalue weighted by molar-refractivity contribution is 0.435. The highest BCUT2D eigenvalue weighted by molar-refractivity contribution is 5.53. The Balaban J connectivity index is 2.15. The fourth-order valence-corrected chi connectivity index (χ4v) is 0.944. The van der Waals surface area contributed by atoms with Gasteiger partial charge in [0.05, 0.1) is 6.20 Å². The molecule has 2 aromatic rings. The summed E-state index contributed by atoms with van der Waals surface area (Å²) >= 11 is 0. The van der Waals surface area contributed by atoms with Crippen molar-refractivity contribution in [3.05, 3.63) is 42.6 Å². The van der Waals surface area contributed by atoms with Gasteiger partial charge in [0.15, 0.2) is 0 Å². The molecule has 0 fully saturated rings. The van der Waals surface area contributed by atoms with E-state index in [1.54, 1.807) is 12.3 Å². The van der Waals surface area contributed by atoms with Crippen LogP contribution in [-0.4, -0.2) is 5.16 Å². The molecule has 3 nitrogen and oxygen atoms in total. The summed E-state index contributed by atoms with van der Waals surface area (Å²) in [4.78, 5) is 0. The lowest BCUT2D eigenvalue weighted by Gasteiger charge is -1.98. The summed E-state index contributed by atoms with van der Waals surface area (Å²) in [6.07, 6.45) is 1.60. The first-order valence-corrected chi connectivity index (χ1v) is 3.68. The molecule has 2 rings (SSSR count). The van der Waals surface area contributed by atoms with Crippen molar-refractivity contribution in [1.29, 1.82) is 0 Å². The van der Waals surface area contributed by atoms with Crippen LogP contribution in [0, 0.1) is 0 Å². The van der Waals surface area contributed by atoms with Crippen LogP contribution in [0.3, 0.4) is 0 Å². The predicted octanol–water partition coefficient (Wildman–Crippen LogP) is 2.42. The molecule has 0 aliphatic heterocycles. The Labute approximate surface area is 70.0 Å². The van der Waals surface area contributed by atoms with Crippen LogP contribution in [0.4, 0.5) is 11.6 Å². The van der Waals surface area contributed by atoms with Crippen molar-refractivity contribution in [3.63, 3.8) is 0 Å². The van der Waals surface area contributed by atoms with Crippen LogP contribution < -0.4 is 5.32 Å². The smallest absolute Gasteiger partial charge is 0.228 e. The summed E-state index contributed by atoms with van der Waals surface area (Å²) in [6.45, 7) is 0. The lowest BCUT2D eigenvalue weighted by atomic mass is 10.3. The highest BCUT2D eigenvalue weighted by Gasteiger charge is 1.94. The highest BCUT2D eigenvalue weighted by atomic mass is 16.5. The second-order valence-electron chi connectivity index (χ2n) is 2.37. The van der Waals surface area contributed by atoms with Crippen LogP contribution in [0.5, 0.6) is 0 Å². The minimum Gasteiger partial charge on any atom is -0.339 e. The Kier molecular flexibility index (Phi) is 1.78. The van der Waals surface area contributed by atoms with Crippen LogP contribution in [0.2, 0.25) is 0 Å². The van der Waals surface area contributed by atoms with Crippen molar-refractivity contribution in [3.8, 4) is 0 Å². The minimum absolute atomic E-state index is 0.654. The van der Waals surface area contributed by atoms with Crippen molar-refractivity contribution >= 4 is 11.6 Å². The monoisotopic (exact) mass is 160 g/mol. The largest absolute Gasteiger partial charge is 0.339 e. The Morgan fingerprint density at radius 2 is 1.92 bits per heavy atom. The standard InChI is InChI=1S/C9H8N2O/c1-2-4-8(5-3-1)11-9-6-7-10-12-9/h1-7,11H. The van der Waals surface area contributed by atoms with Gasteiger partial charge in [-0.2, -0.15) is 0 Å². The maximum absolute atomic E-state index is 4.88. The lowest BCUT2D eigenvalue weighted by Crippen LogP contribution is -1.85. The van der Waals surface area contributed by atoms with E-state index in [1.807, 2.05) is 30.3 Å². The van der Waals surface area contributed by atoms with Gasteiger partial charge in [-0.05, 0) is 12.1 Å². The third-order valence-electron chi connectivity index (χ3n) is 1.48. The van der Waals surface area contributed by atoms with E-state index >= 15 is 0 Å². The average Bonchev–Trinajstić information content (AvgIpc) is 2.59. The maximum atomic E-state index is 4.88. The van der Waals surface area contributed by atoms with E-state index in [1.165, 1.54) is 0 Å². The molecule has 0 atom stereocenters. The number of anilines is 2. The second-order valence-corrected chi connectivity index (χ2v) is 2.37. The number of nitrogens with one attached hydrogen (secondary N) is 1. The fraction of sp³-hybridized carbons (Fsp3) is 0. The molecule has 0 saturated carbocycles. The highest BCUT2D eigenvalue weighted by Crippen LogP contribution is 2.13. The number of hydrogen-bond donors (Lipinski definition) is 1. The van der Waals surface area contributed by atoms with Gasteiger partial charge in [0.2, 0.25) is 5.88 Å². The molecule has 3 heteroatoms. The number of hydrogen-bond acceptors (Lipinski definition) is 3. The molecule has 60 valence electrons. The van der Waals surface area contributed by atoms with Crippen molar-refractivity contribution in [2.75, 3.05) is 5.32 Å². The van der Waals surface area contributed by atoms with E-state index in [0.717, 1.165) is 5.69 Å². The summed E-state index contributed by atoms with van der Waals surface area (Å²) in [6, 6.07) is 11.6. The van der Waals surface area contributed by atoms with Gasteiger partial charge in [0.1, 0.15) is 0 Å². The fourth-order valence-electron chi connectivity index (χ4n) is 0.944. The quantitative estimate of drug-likeness (QED) is 0.733. The Bertz CT molecular complexity index is 329. The Hall–Kier alpha value is -1.77. The zero-order valence-electron chi connectivity index (χ0n) is 6.40. The number of benzene rings is 1. The van der Waals surface area contributed by atoms with Crippen LogP contribution in [-0.2, 0) is 0 Å². The first-order valence-electron chi connectivity index (χ1n) is 3.68. The number of para-hydroxylation sites is 1. The zero-order chi connectivity index (χ0) is 8.23. The molecule has 0 saturated heterocycles. The van der Waals surface area contributed by atoms with E-state index in [-0.39, 0.29) is 0 Å². The summed E-state index contributed by atoms with van der Waals surface area (Å²) in [5.41, 5.74) is 0.995. The first-order chi connectivity index (χ1) is 5.95. The number of aromatic nitrogens is 1. The van der Waals surface area contributed by atoms with Crippen LogP contribution in [0.1, 0.15) is 0 Å². The third-order valence-corrected chi connectivity index (χ3v) is 1.48. The van der Waals surface area contributed by atoms with Gasteiger partial charge in [-0.25, -0.2) is 0 Å². The molecule has 12 heavy (non-hydrogen) atoms. The van der Waals surface area contributed by atoms with Crippen LogP contribution >= 0.6 is 0 Å². The van der Waals surface area contributed by atoms with Gasteiger partial charge >= 0.3 is 0 Å². The predicted molar refractivity (Wildman–Crippen MR) is 46.2 cm³/mol. The summed E-state index contributed by atoms with van der Waals surface area (Å²) in [5, 5.41) is 6.64. The molecule has 0 spiro atoms. The van der Waals surface area contributed by atoms with E-state index in [2.05, 4.69) is 10.5 Å². The molecule has 0 aliphatic carbocycles. The van der Waals surface area contributed by atoms with Gasteiger partial charge < -0.3 is 9.84 Å². The molecule has 1 aromatic heterocycles. The first kappa shape index (κ1) is 6.91. The Morgan fingerprint density at radius 3 is 2.58 bits per heavy atom. The van der Waals surface area contributed by atoms with Gasteiger partial charge in [0.25, 0.3) is 0 Å². The van der Waals surface area contributed by atoms with E-state index < -0.39 is 0 Å². The number of nitrogens with zero attached hydrogens (tertiary/aromatic N) is 1. The number of rotatable bonds is 2. The van der Waals surface area contributed by atoms with E-state index in [0.29, 0.717) is 5.88 Å². The van der Waals surface area contributed by atoms with Crippen molar-refractivity contribution < 1.29 is 4.52 Å². The molecule has 0 amide bonds. The van der Waals surface area contributed by atoms with Crippen molar-refractivity contribution in [2.45, 2.75) is 0 Å². The van der Waals surface area contributed by atoms with E-state index in [9.17, 15) is 0 Å². The van der Waals surface area contributed by atoms with Gasteiger partial charge in [0, 0.05) is 11.8 Å². The summed E-state index contributed by atoms with van der Waals surface area (Å²) in [7, 11) is 0. The Morgan fingerprint density at radius 1 is 1.08 bits per heavy atom. The van der Waals surface area contributed by atoms with E-state index in [4.69, 9.17) is 4.52 Å². The van der Waals surface area contributed by atoms with Gasteiger partial charge in [-0.3, -0.25) is 0 Å². The molecule has 1 aromatic carbocycles.